The Bertz CT molecular complexity index is 578. The van der Waals surface area contributed by atoms with Crippen LogP contribution in [0.5, 0.6) is 0 Å². The second kappa shape index (κ2) is 6.74. The minimum absolute atomic E-state index is 0.337. The number of hydrogen-bond acceptors (Lipinski definition) is 2. The third-order valence-electron chi connectivity index (χ3n) is 3.50. The highest BCUT2D eigenvalue weighted by Crippen LogP contribution is 2.21. The first-order valence-corrected chi connectivity index (χ1v) is 7.78. The number of rotatable bonds is 5. The Morgan fingerprint density at radius 2 is 1.95 bits per heavy atom. The van der Waals surface area contributed by atoms with E-state index in [9.17, 15) is 0 Å². The van der Waals surface area contributed by atoms with Gasteiger partial charge in [-0.15, -0.1) is 0 Å². The molecule has 0 amide bonds. The van der Waals surface area contributed by atoms with E-state index in [1.807, 2.05) is 25.7 Å². The topological polar surface area (TPSA) is 29.9 Å². The Kier molecular flexibility index (Phi) is 5.24. The van der Waals surface area contributed by atoms with Crippen LogP contribution < -0.4 is 5.32 Å². The lowest BCUT2D eigenvalue weighted by atomic mass is 10.0. The maximum absolute atomic E-state index is 6.32. The molecule has 1 heterocycles. The molecule has 1 aromatic heterocycles. The Morgan fingerprint density at radius 3 is 2.45 bits per heavy atom. The van der Waals surface area contributed by atoms with Crippen LogP contribution in [0.25, 0.3) is 0 Å². The highest BCUT2D eigenvalue weighted by atomic mass is 79.9. The van der Waals surface area contributed by atoms with Gasteiger partial charge < -0.3 is 5.32 Å². The molecular weight excluding hydrogens is 338 g/mol. The smallest absolute Gasteiger partial charge is 0.0847 e. The Balaban J connectivity index is 2.11. The van der Waals surface area contributed by atoms with E-state index < -0.39 is 0 Å². The van der Waals surface area contributed by atoms with E-state index in [2.05, 4.69) is 50.6 Å². The summed E-state index contributed by atoms with van der Waals surface area (Å²) in [4.78, 5) is 0. The molecule has 20 heavy (non-hydrogen) atoms. The molecule has 2 aromatic rings. The standard InChI is InChI=1S/C15H19BrClN3/c1-10-15(17)14(20(3)19-10)9-13(18-2)8-11-4-6-12(16)7-5-11/h4-7,13,18H,8-9H2,1-3H3. The molecule has 2 rings (SSSR count). The zero-order chi connectivity index (χ0) is 14.7. The van der Waals surface area contributed by atoms with Crippen molar-refractivity contribution in [1.82, 2.24) is 15.1 Å². The predicted octanol–water partition coefficient (Wildman–Crippen LogP) is 3.52. The molecule has 0 bridgehead atoms. The molecule has 0 saturated heterocycles. The molecule has 0 spiro atoms. The van der Waals surface area contributed by atoms with Gasteiger partial charge in [-0.2, -0.15) is 5.10 Å². The van der Waals surface area contributed by atoms with Gasteiger partial charge in [-0.05, 0) is 38.1 Å². The molecule has 0 radical (unpaired) electrons. The summed E-state index contributed by atoms with van der Waals surface area (Å²) in [6, 6.07) is 8.77. The first-order valence-electron chi connectivity index (χ1n) is 6.61. The van der Waals surface area contributed by atoms with Gasteiger partial charge in [0.25, 0.3) is 0 Å². The van der Waals surface area contributed by atoms with Gasteiger partial charge in [0.1, 0.15) is 0 Å². The van der Waals surface area contributed by atoms with Crippen molar-refractivity contribution < 1.29 is 0 Å². The number of halogens is 2. The summed E-state index contributed by atoms with van der Waals surface area (Å²) < 4.78 is 2.98. The lowest BCUT2D eigenvalue weighted by molar-refractivity contribution is 0.533. The largest absolute Gasteiger partial charge is 0.316 e. The van der Waals surface area contributed by atoms with Crippen LogP contribution in [0.4, 0.5) is 0 Å². The number of aryl methyl sites for hydroxylation is 2. The number of benzene rings is 1. The van der Waals surface area contributed by atoms with Crippen LogP contribution in [-0.2, 0) is 19.9 Å². The van der Waals surface area contributed by atoms with E-state index in [1.165, 1.54) is 5.56 Å². The van der Waals surface area contributed by atoms with Crippen LogP contribution in [0, 0.1) is 6.92 Å². The van der Waals surface area contributed by atoms with Crippen molar-refractivity contribution in [2.45, 2.75) is 25.8 Å². The molecule has 3 nitrogen and oxygen atoms in total. The van der Waals surface area contributed by atoms with E-state index in [-0.39, 0.29) is 0 Å². The number of likely N-dealkylation sites (N-methyl/N-ethyl adjacent to an activating group) is 1. The van der Waals surface area contributed by atoms with Crippen LogP contribution in [0.2, 0.25) is 5.02 Å². The molecule has 108 valence electrons. The van der Waals surface area contributed by atoms with Crippen molar-refractivity contribution in [1.29, 1.82) is 0 Å². The molecule has 1 aromatic carbocycles. The zero-order valence-corrected chi connectivity index (χ0v) is 14.3. The van der Waals surface area contributed by atoms with Crippen molar-refractivity contribution in [3.8, 4) is 0 Å². The Morgan fingerprint density at radius 1 is 1.30 bits per heavy atom. The fourth-order valence-electron chi connectivity index (χ4n) is 2.32. The summed E-state index contributed by atoms with van der Waals surface area (Å²) in [7, 11) is 3.93. The summed E-state index contributed by atoms with van der Waals surface area (Å²) in [6.45, 7) is 1.94. The van der Waals surface area contributed by atoms with Gasteiger partial charge in [0, 0.05) is 24.0 Å². The molecule has 0 aliphatic carbocycles. The van der Waals surface area contributed by atoms with Gasteiger partial charge in [0.15, 0.2) is 0 Å². The maximum Gasteiger partial charge on any atom is 0.0847 e. The lowest BCUT2D eigenvalue weighted by Crippen LogP contribution is -2.30. The van der Waals surface area contributed by atoms with Crippen molar-refractivity contribution >= 4 is 27.5 Å². The monoisotopic (exact) mass is 355 g/mol. The fourth-order valence-corrected chi connectivity index (χ4v) is 2.82. The average molecular weight is 357 g/mol. The van der Waals surface area contributed by atoms with Gasteiger partial charge in [0.05, 0.1) is 16.4 Å². The summed E-state index contributed by atoms with van der Waals surface area (Å²) in [6.07, 6.45) is 1.83. The fraction of sp³-hybridized carbons (Fsp3) is 0.400. The molecule has 0 fully saturated rings. The van der Waals surface area contributed by atoms with Crippen LogP contribution in [0.15, 0.2) is 28.7 Å². The van der Waals surface area contributed by atoms with Crippen LogP contribution in [0.1, 0.15) is 17.0 Å². The summed E-state index contributed by atoms with van der Waals surface area (Å²) in [5.41, 5.74) is 3.28. The molecule has 0 saturated carbocycles. The molecule has 0 aliphatic rings. The summed E-state index contributed by atoms with van der Waals surface area (Å²) in [5.74, 6) is 0. The molecule has 1 N–H and O–H groups in total. The number of aromatic nitrogens is 2. The SMILES string of the molecule is CNC(Cc1ccc(Br)cc1)Cc1c(Cl)c(C)nn1C. The quantitative estimate of drug-likeness (QED) is 0.888. The predicted molar refractivity (Wildman–Crippen MR) is 87.4 cm³/mol. The van der Waals surface area contributed by atoms with Crippen LogP contribution in [0.3, 0.4) is 0 Å². The van der Waals surface area contributed by atoms with Crippen molar-refractivity contribution in [3.05, 3.63) is 50.7 Å². The number of hydrogen-bond donors (Lipinski definition) is 1. The van der Waals surface area contributed by atoms with Crippen LogP contribution in [-0.4, -0.2) is 22.9 Å². The molecule has 1 unspecified atom stereocenters. The van der Waals surface area contributed by atoms with Crippen molar-refractivity contribution in [3.63, 3.8) is 0 Å². The number of nitrogens with one attached hydrogen (secondary N) is 1. The zero-order valence-electron chi connectivity index (χ0n) is 12.0. The first kappa shape index (κ1) is 15.5. The van der Waals surface area contributed by atoms with E-state index in [0.29, 0.717) is 6.04 Å². The molecule has 0 aliphatic heterocycles. The van der Waals surface area contributed by atoms with E-state index >= 15 is 0 Å². The third kappa shape index (κ3) is 3.62. The van der Waals surface area contributed by atoms with Gasteiger partial charge in [-0.1, -0.05) is 39.7 Å². The van der Waals surface area contributed by atoms with Crippen molar-refractivity contribution in [2.75, 3.05) is 7.05 Å². The Hall–Kier alpha value is -0.840. The van der Waals surface area contributed by atoms with E-state index in [1.54, 1.807) is 0 Å². The Labute approximate surface area is 133 Å². The minimum atomic E-state index is 0.337. The second-order valence-corrected chi connectivity index (χ2v) is 6.28. The molecular formula is C15H19BrClN3. The van der Waals surface area contributed by atoms with E-state index in [0.717, 1.165) is 33.7 Å². The first-order chi connectivity index (χ1) is 9.51. The molecule has 1 atom stereocenters. The van der Waals surface area contributed by atoms with Gasteiger partial charge in [-0.25, -0.2) is 0 Å². The second-order valence-electron chi connectivity index (χ2n) is 4.99. The average Bonchev–Trinajstić information content (AvgIpc) is 2.66. The van der Waals surface area contributed by atoms with E-state index in [4.69, 9.17) is 11.6 Å². The third-order valence-corrected chi connectivity index (χ3v) is 4.53. The van der Waals surface area contributed by atoms with Gasteiger partial charge >= 0.3 is 0 Å². The van der Waals surface area contributed by atoms with Gasteiger partial charge in [-0.3, -0.25) is 4.68 Å². The summed E-state index contributed by atoms with van der Waals surface area (Å²) in [5, 5.41) is 8.51. The normalized spacial score (nSPS) is 12.7. The lowest BCUT2D eigenvalue weighted by Gasteiger charge is -2.17. The van der Waals surface area contributed by atoms with Crippen molar-refractivity contribution in [2.24, 2.45) is 7.05 Å². The highest BCUT2D eigenvalue weighted by Gasteiger charge is 2.16. The van der Waals surface area contributed by atoms with Gasteiger partial charge in [0.2, 0.25) is 0 Å². The van der Waals surface area contributed by atoms with Crippen LogP contribution >= 0.6 is 27.5 Å². The maximum atomic E-state index is 6.32. The highest BCUT2D eigenvalue weighted by molar-refractivity contribution is 9.10. The molecule has 5 heteroatoms. The number of nitrogens with zero attached hydrogens (tertiary/aromatic N) is 2. The minimum Gasteiger partial charge on any atom is -0.316 e. The summed E-state index contributed by atoms with van der Waals surface area (Å²) >= 11 is 9.78.